The smallest absolute Gasteiger partial charge is 0.314 e. The molecule has 4 nitrogen and oxygen atoms in total. The molecule has 0 spiro atoms. The van der Waals surface area contributed by atoms with Crippen LogP contribution in [0.3, 0.4) is 0 Å². The molecule has 7 heteroatoms. The lowest BCUT2D eigenvalue weighted by molar-refractivity contribution is -0.141. The van der Waals surface area contributed by atoms with Gasteiger partial charge in [0.15, 0.2) is 0 Å². The number of carbonyl (C=O) groups excluding carboxylic acids is 1. The molecule has 1 rings (SSSR count). The van der Waals surface area contributed by atoms with Gasteiger partial charge in [-0.25, -0.2) is 12.8 Å². The number of methoxy groups -OCH3 is 1. The summed E-state index contributed by atoms with van der Waals surface area (Å²) in [6.07, 6.45) is 0. The van der Waals surface area contributed by atoms with Crippen LogP contribution in [-0.4, -0.2) is 27.2 Å². The Morgan fingerprint density at radius 1 is 1.47 bits per heavy atom. The first-order valence-electron chi connectivity index (χ1n) is 4.59. The van der Waals surface area contributed by atoms with Crippen LogP contribution in [0.15, 0.2) is 24.3 Å². The number of benzene rings is 1. The van der Waals surface area contributed by atoms with E-state index in [0.29, 0.717) is 0 Å². The summed E-state index contributed by atoms with van der Waals surface area (Å²) in [6.45, 7) is 0. The fourth-order valence-electron chi connectivity index (χ4n) is 1.38. The first kappa shape index (κ1) is 13.9. The highest BCUT2D eigenvalue weighted by atomic mass is 35.7. The Morgan fingerprint density at radius 2 is 2.06 bits per heavy atom. The predicted molar refractivity (Wildman–Crippen MR) is 60.8 cm³/mol. The van der Waals surface area contributed by atoms with Gasteiger partial charge in [-0.3, -0.25) is 4.79 Å². The molecule has 0 saturated heterocycles. The maximum Gasteiger partial charge on any atom is 0.314 e. The average molecular weight is 281 g/mol. The first-order valence-corrected chi connectivity index (χ1v) is 7.07. The summed E-state index contributed by atoms with van der Waals surface area (Å²) >= 11 is 0. The molecule has 0 amide bonds. The van der Waals surface area contributed by atoms with Crippen molar-refractivity contribution in [2.75, 3.05) is 12.9 Å². The van der Waals surface area contributed by atoms with E-state index in [9.17, 15) is 17.6 Å². The topological polar surface area (TPSA) is 60.4 Å². The number of ether oxygens (including phenoxy) is 1. The van der Waals surface area contributed by atoms with Gasteiger partial charge >= 0.3 is 5.97 Å². The summed E-state index contributed by atoms with van der Waals surface area (Å²) in [4.78, 5) is 11.4. The lowest BCUT2D eigenvalue weighted by atomic mass is 10.0. The van der Waals surface area contributed by atoms with Crippen LogP contribution >= 0.6 is 10.7 Å². The third-order valence-electron chi connectivity index (χ3n) is 2.13. The molecule has 1 unspecified atom stereocenters. The third-order valence-corrected chi connectivity index (χ3v) is 3.24. The Labute approximate surface area is 103 Å². The molecule has 1 aromatic rings. The summed E-state index contributed by atoms with van der Waals surface area (Å²) in [5.74, 6) is -3.49. The van der Waals surface area contributed by atoms with Gasteiger partial charge in [0.25, 0.3) is 0 Å². The molecule has 0 aliphatic carbocycles. The Bertz CT molecular complexity index is 515. The van der Waals surface area contributed by atoms with E-state index in [1.54, 1.807) is 0 Å². The summed E-state index contributed by atoms with van der Waals surface area (Å²) in [6, 6.07) is 5.38. The maximum atomic E-state index is 13.5. The van der Waals surface area contributed by atoms with E-state index in [0.717, 1.165) is 13.2 Å². The Hall–Kier alpha value is -1.14. The van der Waals surface area contributed by atoms with E-state index in [1.807, 2.05) is 0 Å². The van der Waals surface area contributed by atoms with Crippen LogP contribution in [0.1, 0.15) is 11.5 Å². The summed E-state index contributed by atoms with van der Waals surface area (Å²) in [5, 5.41) is 0. The van der Waals surface area contributed by atoms with Crippen LogP contribution in [0.5, 0.6) is 0 Å². The summed E-state index contributed by atoms with van der Waals surface area (Å²) in [5.41, 5.74) is -0.0522. The molecule has 0 N–H and O–H groups in total. The minimum absolute atomic E-state index is 0.0522. The molecule has 1 atom stereocenters. The molecular formula is C10H10ClFO4S. The maximum absolute atomic E-state index is 13.5. The van der Waals surface area contributed by atoms with Crippen LogP contribution in [0.25, 0.3) is 0 Å². The number of carbonyl (C=O) groups is 1. The van der Waals surface area contributed by atoms with Gasteiger partial charge in [-0.2, -0.15) is 0 Å². The standard InChI is InChI=1S/C10H10ClFO4S/c1-16-10(13)8(6-17(11,14)15)7-4-2-3-5-9(7)12/h2-5,8H,6H2,1H3. The highest BCUT2D eigenvalue weighted by Gasteiger charge is 2.29. The fourth-order valence-corrected chi connectivity index (χ4v) is 2.48. The van der Waals surface area contributed by atoms with Gasteiger partial charge < -0.3 is 4.74 Å². The van der Waals surface area contributed by atoms with E-state index in [4.69, 9.17) is 10.7 Å². The number of hydrogen-bond acceptors (Lipinski definition) is 4. The molecule has 0 bridgehead atoms. The molecule has 0 fully saturated rings. The van der Waals surface area contributed by atoms with Gasteiger partial charge in [0, 0.05) is 16.2 Å². The second kappa shape index (κ2) is 5.46. The number of esters is 1. The molecule has 0 saturated carbocycles. The van der Waals surface area contributed by atoms with E-state index >= 15 is 0 Å². The summed E-state index contributed by atoms with van der Waals surface area (Å²) < 4.78 is 39.9. The van der Waals surface area contributed by atoms with Gasteiger partial charge in [0.05, 0.1) is 18.8 Å². The number of rotatable bonds is 4. The highest BCUT2D eigenvalue weighted by molar-refractivity contribution is 8.13. The second-order valence-corrected chi connectivity index (χ2v) is 6.12. The van der Waals surface area contributed by atoms with Crippen molar-refractivity contribution in [2.45, 2.75) is 5.92 Å². The zero-order valence-corrected chi connectivity index (χ0v) is 10.5. The largest absolute Gasteiger partial charge is 0.469 e. The molecule has 1 aromatic carbocycles. The molecule has 0 aliphatic heterocycles. The summed E-state index contributed by atoms with van der Waals surface area (Å²) in [7, 11) is 2.23. The number of halogens is 2. The normalized spacial score (nSPS) is 13.1. The van der Waals surface area contributed by atoms with Gasteiger partial charge in [0.2, 0.25) is 9.05 Å². The highest BCUT2D eigenvalue weighted by Crippen LogP contribution is 2.23. The third kappa shape index (κ3) is 3.98. The van der Waals surface area contributed by atoms with Crippen LogP contribution in [-0.2, 0) is 18.6 Å². The SMILES string of the molecule is COC(=O)C(CS(=O)(=O)Cl)c1ccccc1F. The fraction of sp³-hybridized carbons (Fsp3) is 0.300. The van der Waals surface area contributed by atoms with Crippen molar-refractivity contribution in [1.82, 2.24) is 0 Å². The van der Waals surface area contributed by atoms with Gasteiger partial charge in [0.1, 0.15) is 5.82 Å². The molecule has 94 valence electrons. The van der Waals surface area contributed by atoms with Crippen molar-refractivity contribution in [1.29, 1.82) is 0 Å². The lowest BCUT2D eigenvalue weighted by Gasteiger charge is -2.13. The zero-order valence-electron chi connectivity index (χ0n) is 8.89. The Morgan fingerprint density at radius 3 is 2.53 bits per heavy atom. The van der Waals surface area contributed by atoms with Gasteiger partial charge in [-0.05, 0) is 6.07 Å². The van der Waals surface area contributed by atoms with E-state index in [-0.39, 0.29) is 5.56 Å². The molecule has 0 radical (unpaired) electrons. The quantitative estimate of drug-likeness (QED) is 0.621. The van der Waals surface area contributed by atoms with Crippen molar-refractivity contribution in [3.8, 4) is 0 Å². The van der Waals surface area contributed by atoms with Gasteiger partial charge in [-0.1, -0.05) is 18.2 Å². The molecule has 0 aromatic heterocycles. The van der Waals surface area contributed by atoms with Crippen molar-refractivity contribution < 1.29 is 22.3 Å². The van der Waals surface area contributed by atoms with Crippen LogP contribution in [0, 0.1) is 5.82 Å². The van der Waals surface area contributed by atoms with E-state index < -0.39 is 32.5 Å². The van der Waals surface area contributed by atoms with Crippen molar-refractivity contribution in [2.24, 2.45) is 0 Å². The number of hydrogen-bond donors (Lipinski definition) is 0. The van der Waals surface area contributed by atoms with E-state index in [1.165, 1.54) is 18.2 Å². The molecule has 17 heavy (non-hydrogen) atoms. The minimum Gasteiger partial charge on any atom is -0.469 e. The van der Waals surface area contributed by atoms with Crippen LogP contribution in [0.4, 0.5) is 4.39 Å². The zero-order chi connectivity index (χ0) is 13.1. The average Bonchev–Trinajstić information content (AvgIpc) is 2.25. The van der Waals surface area contributed by atoms with E-state index in [2.05, 4.69) is 4.74 Å². The molecule has 0 aliphatic rings. The van der Waals surface area contributed by atoms with Crippen LogP contribution in [0.2, 0.25) is 0 Å². The predicted octanol–water partition coefficient (Wildman–Crippen LogP) is 1.65. The molecular weight excluding hydrogens is 271 g/mol. The first-order chi connectivity index (χ1) is 7.85. The van der Waals surface area contributed by atoms with Crippen LogP contribution < -0.4 is 0 Å². The lowest BCUT2D eigenvalue weighted by Crippen LogP contribution is -2.22. The minimum atomic E-state index is -3.94. The second-order valence-electron chi connectivity index (χ2n) is 3.30. The monoisotopic (exact) mass is 280 g/mol. The van der Waals surface area contributed by atoms with Crippen molar-refractivity contribution in [3.05, 3.63) is 35.6 Å². The van der Waals surface area contributed by atoms with Crippen molar-refractivity contribution in [3.63, 3.8) is 0 Å². The van der Waals surface area contributed by atoms with Crippen molar-refractivity contribution >= 4 is 25.7 Å². The van der Waals surface area contributed by atoms with Gasteiger partial charge in [-0.15, -0.1) is 0 Å². The Balaban J connectivity index is 3.16. The molecule has 0 heterocycles. The Kier molecular flexibility index (Phi) is 4.47.